The van der Waals surface area contributed by atoms with E-state index < -0.39 is 0 Å². The van der Waals surface area contributed by atoms with Crippen molar-refractivity contribution in [3.05, 3.63) is 46.4 Å². The first-order valence-corrected chi connectivity index (χ1v) is 6.01. The van der Waals surface area contributed by atoms with Gasteiger partial charge in [-0.05, 0) is 5.56 Å². The molecule has 0 heterocycles. The molecular weight excluding hydrogens is 256 g/mol. The molecule has 0 N–H and O–H groups in total. The lowest BCUT2D eigenvalue weighted by Gasteiger charge is -2.08. The van der Waals surface area contributed by atoms with E-state index in [0.29, 0.717) is 22.4 Å². The molecule has 0 spiro atoms. The maximum absolute atomic E-state index is 12.5. The Morgan fingerprint density at radius 1 is 1.05 bits per heavy atom. The molecule has 0 amide bonds. The zero-order valence-electron chi connectivity index (χ0n) is 11.0. The second kappa shape index (κ2) is 4.35. The van der Waals surface area contributed by atoms with Crippen LogP contribution in [0.25, 0.3) is 16.1 Å². The summed E-state index contributed by atoms with van der Waals surface area (Å²) in [5.74, 6) is 0.577. The number of hydrogen-bond acceptors (Lipinski definition) is 4. The molecule has 20 heavy (non-hydrogen) atoms. The van der Waals surface area contributed by atoms with Crippen molar-refractivity contribution in [2.45, 2.75) is 0 Å². The van der Waals surface area contributed by atoms with Gasteiger partial charge in [-0.2, -0.15) is 0 Å². The number of nitrogens with zero attached hydrogens (tertiary/aromatic N) is 2. The van der Waals surface area contributed by atoms with Gasteiger partial charge in [-0.3, -0.25) is 4.79 Å². The number of ketones is 1. The van der Waals surface area contributed by atoms with Gasteiger partial charge < -0.3 is 9.47 Å². The van der Waals surface area contributed by atoms with Gasteiger partial charge in [0.2, 0.25) is 11.1 Å². The molecule has 5 heteroatoms. The van der Waals surface area contributed by atoms with E-state index >= 15 is 0 Å². The van der Waals surface area contributed by atoms with E-state index in [1.807, 2.05) is 12.1 Å². The van der Waals surface area contributed by atoms with Crippen molar-refractivity contribution < 1.29 is 14.3 Å². The maximum atomic E-state index is 12.5. The number of fused-ring (bicyclic) bond motifs is 3. The molecule has 0 fully saturated rings. The SMILES string of the molecule is COc1cc([N+]#N)c(OC)c2c1-c1ccccc1C2=O. The second-order valence-corrected chi connectivity index (χ2v) is 4.36. The van der Waals surface area contributed by atoms with Crippen LogP contribution in [0.1, 0.15) is 15.9 Å². The van der Waals surface area contributed by atoms with Gasteiger partial charge >= 0.3 is 5.69 Å². The number of hydrogen-bond donors (Lipinski definition) is 0. The maximum Gasteiger partial charge on any atom is 0.430 e. The standard InChI is InChI=1S/C15H11N2O3/c1-19-11-7-10(17-16)15(20-2)13-12(11)8-5-3-4-6-9(8)14(13)18/h3-7H,1-2H3/q+1. The molecule has 0 saturated carbocycles. The zero-order chi connectivity index (χ0) is 14.3. The molecule has 0 atom stereocenters. The Bertz CT molecular complexity index is 775. The average molecular weight is 267 g/mol. The van der Waals surface area contributed by atoms with Crippen molar-refractivity contribution in [2.75, 3.05) is 14.2 Å². The first-order valence-electron chi connectivity index (χ1n) is 6.01. The highest BCUT2D eigenvalue weighted by molar-refractivity contribution is 6.25. The summed E-state index contributed by atoms with van der Waals surface area (Å²) < 4.78 is 10.6. The van der Waals surface area contributed by atoms with Crippen molar-refractivity contribution in [3.8, 4) is 22.6 Å². The lowest BCUT2D eigenvalue weighted by Crippen LogP contribution is -2.00. The number of diazo groups is 1. The first kappa shape index (κ1) is 12.2. The molecule has 0 saturated heterocycles. The number of carbonyl (C=O) groups excluding carboxylic acids is 1. The zero-order valence-corrected chi connectivity index (χ0v) is 11.0. The van der Waals surface area contributed by atoms with Crippen molar-refractivity contribution >= 4 is 11.5 Å². The van der Waals surface area contributed by atoms with Crippen molar-refractivity contribution in [3.63, 3.8) is 0 Å². The number of benzene rings is 2. The fourth-order valence-electron chi connectivity index (χ4n) is 2.59. The lowest BCUT2D eigenvalue weighted by atomic mass is 10.0. The van der Waals surface area contributed by atoms with E-state index in [4.69, 9.17) is 14.9 Å². The van der Waals surface area contributed by atoms with Crippen LogP contribution in [-0.2, 0) is 0 Å². The first-order chi connectivity index (χ1) is 9.72. The van der Waals surface area contributed by atoms with Crippen molar-refractivity contribution in [2.24, 2.45) is 0 Å². The highest BCUT2D eigenvalue weighted by atomic mass is 16.5. The smallest absolute Gasteiger partial charge is 0.430 e. The molecule has 0 aromatic heterocycles. The van der Waals surface area contributed by atoms with Crippen LogP contribution < -0.4 is 9.47 Å². The lowest BCUT2D eigenvalue weighted by molar-refractivity contribution is 0.104. The number of rotatable bonds is 2. The minimum atomic E-state index is -0.156. The fraction of sp³-hybridized carbons (Fsp3) is 0.133. The molecule has 2 aromatic rings. The van der Waals surface area contributed by atoms with E-state index in [-0.39, 0.29) is 17.2 Å². The second-order valence-electron chi connectivity index (χ2n) is 4.36. The highest BCUT2D eigenvalue weighted by Crippen LogP contribution is 2.50. The van der Waals surface area contributed by atoms with Gasteiger partial charge in [0, 0.05) is 11.1 Å². The third-order valence-electron chi connectivity index (χ3n) is 3.42. The van der Waals surface area contributed by atoms with Gasteiger partial charge in [0.1, 0.15) is 5.75 Å². The van der Waals surface area contributed by atoms with Gasteiger partial charge in [0.15, 0.2) is 10.8 Å². The van der Waals surface area contributed by atoms with Gasteiger partial charge in [-0.1, -0.05) is 24.3 Å². The van der Waals surface area contributed by atoms with Gasteiger partial charge in [0.05, 0.1) is 25.8 Å². The Hall–Kier alpha value is -2.87. The molecule has 98 valence electrons. The van der Waals surface area contributed by atoms with E-state index in [2.05, 4.69) is 4.98 Å². The van der Waals surface area contributed by atoms with Crippen LogP contribution in [0.15, 0.2) is 30.3 Å². The van der Waals surface area contributed by atoms with Gasteiger partial charge in [-0.25, -0.2) is 0 Å². The van der Waals surface area contributed by atoms with Crippen molar-refractivity contribution in [1.29, 1.82) is 5.39 Å². The molecule has 1 aliphatic rings. The van der Waals surface area contributed by atoms with Crippen LogP contribution in [0, 0.1) is 5.39 Å². The summed E-state index contributed by atoms with van der Waals surface area (Å²) >= 11 is 0. The summed E-state index contributed by atoms with van der Waals surface area (Å²) in [7, 11) is 2.95. The Morgan fingerprint density at radius 3 is 2.35 bits per heavy atom. The number of ether oxygens (including phenoxy) is 2. The summed E-state index contributed by atoms with van der Waals surface area (Å²) in [6, 6.07) is 8.83. The van der Waals surface area contributed by atoms with Crippen LogP contribution >= 0.6 is 0 Å². The molecule has 0 radical (unpaired) electrons. The van der Waals surface area contributed by atoms with Crippen LogP contribution in [0.3, 0.4) is 0 Å². The summed E-state index contributed by atoms with van der Waals surface area (Å²) in [6.45, 7) is 0. The normalized spacial score (nSPS) is 11.6. The third-order valence-corrected chi connectivity index (χ3v) is 3.42. The summed E-state index contributed by atoms with van der Waals surface area (Å²) in [5.41, 5.74) is 2.61. The number of carbonyl (C=O) groups is 1. The third kappa shape index (κ3) is 1.42. The topological polar surface area (TPSA) is 63.7 Å². The summed E-state index contributed by atoms with van der Waals surface area (Å²) in [5, 5.41) is 9.08. The Balaban J connectivity index is 2.45. The molecule has 0 aliphatic heterocycles. The van der Waals surface area contributed by atoms with E-state index in [9.17, 15) is 4.79 Å². The Morgan fingerprint density at radius 2 is 1.75 bits per heavy atom. The van der Waals surface area contributed by atoms with E-state index in [0.717, 1.165) is 5.56 Å². The van der Waals surface area contributed by atoms with Crippen molar-refractivity contribution in [1.82, 2.24) is 0 Å². The number of methoxy groups -OCH3 is 2. The predicted molar refractivity (Wildman–Crippen MR) is 73.2 cm³/mol. The van der Waals surface area contributed by atoms with Gasteiger partial charge in [0.25, 0.3) is 0 Å². The quantitative estimate of drug-likeness (QED) is 0.667. The van der Waals surface area contributed by atoms with Crippen LogP contribution in [-0.4, -0.2) is 20.0 Å². The van der Waals surface area contributed by atoms with Gasteiger partial charge in [-0.15, -0.1) is 0 Å². The monoisotopic (exact) mass is 267 g/mol. The molecule has 1 aliphatic carbocycles. The molecule has 3 rings (SSSR count). The van der Waals surface area contributed by atoms with E-state index in [1.54, 1.807) is 18.2 Å². The highest BCUT2D eigenvalue weighted by Gasteiger charge is 2.37. The molecule has 5 nitrogen and oxygen atoms in total. The summed E-state index contributed by atoms with van der Waals surface area (Å²) in [4.78, 5) is 15.7. The predicted octanol–water partition coefficient (Wildman–Crippen LogP) is 3.40. The van der Waals surface area contributed by atoms with Crippen LogP contribution in [0.5, 0.6) is 11.5 Å². The molecule has 2 aromatic carbocycles. The minimum Gasteiger partial charge on any atom is -0.496 e. The Kier molecular flexibility index (Phi) is 2.65. The molecule has 0 unspecified atom stereocenters. The summed E-state index contributed by atoms with van der Waals surface area (Å²) in [6.07, 6.45) is 0. The Labute approximate surface area is 115 Å². The van der Waals surface area contributed by atoms with E-state index in [1.165, 1.54) is 14.2 Å². The molecular formula is C15H11N2O3+. The fourth-order valence-corrected chi connectivity index (χ4v) is 2.59. The van der Waals surface area contributed by atoms with Crippen LogP contribution in [0.4, 0.5) is 5.69 Å². The molecule has 0 bridgehead atoms. The minimum absolute atomic E-state index is 0.156. The largest absolute Gasteiger partial charge is 0.496 e. The average Bonchev–Trinajstić information content (AvgIpc) is 2.80. The van der Waals surface area contributed by atoms with Crippen LogP contribution in [0.2, 0.25) is 0 Å².